The van der Waals surface area contributed by atoms with Crippen molar-refractivity contribution in [3.05, 3.63) is 70.5 Å². The van der Waals surface area contributed by atoms with Gasteiger partial charge in [0.2, 0.25) is 0 Å². The van der Waals surface area contributed by atoms with Crippen LogP contribution in [0.2, 0.25) is 0 Å². The van der Waals surface area contributed by atoms with Crippen molar-refractivity contribution in [1.29, 1.82) is 0 Å². The highest BCUT2D eigenvalue weighted by atomic mass is 16.5. The molecule has 1 aliphatic rings. The lowest BCUT2D eigenvalue weighted by Gasteiger charge is -2.32. The van der Waals surface area contributed by atoms with Gasteiger partial charge in [0.15, 0.2) is 0 Å². The average Bonchev–Trinajstić information content (AvgIpc) is 2.66. The van der Waals surface area contributed by atoms with Crippen LogP contribution in [0.3, 0.4) is 0 Å². The van der Waals surface area contributed by atoms with Crippen molar-refractivity contribution in [2.45, 2.75) is 72.8 Å². The maximum atomic E-state index is 10.6. The van der Waals surface area contributed by atoms with Gasteiger partial charge in [-0.2, -0.15) is 0 Å². The van der Waals surface area contributed by atoms with Gasteiger partial charge in [0, 0.05) is 11.1 Å². The molecule has 1 aromatic rings. The highest BCUT2D eigenvalue weighted by Crippen LogP contribution is 2.38. The number of hydrogen-bond acceptors (Lipinski definition) is 3. The van der Waals surface area contributed by atoms with E-state index in [1.165, 1.54) is 16.7 Å². The Balaban J connectivity index is 1.98. The second-order valence-electron chi connectivity index (χ2n) is 8.07. The predicted molar refractivity (Wildman–Crippen MR) is 120 cm³/mol. The number of allylic oxidation sites excluding steroid dienone is 7. The second kappa shape index (κ2) is 10.3. The van der Waals surface area contributed by atoms with Gasteiger partial charge in [0.1, 0.15) is 11.8 Å². The van der Waals surface area contributed by atoms with Gasteiger partial charge in [-0.3, -0.25) is 5.21 Å². The SMILES string of the molecule is CC(C)=CCCC(C)=CCCC(C)=CCC1=C(O)C(C)N(O)c2ccccc21. The number of hydroxylamine groups is 1. The number of benzene rings is 1. The molecule has 0 saturated heterocycles. The predicted octanol–water partition coefficient (Wildman–Crippen LogP) is 7.36. The number of anilines is 1. The van der Waals surface area contributed by atoms with Gasteiger partial charge >= 0.3 is 0 Å². The van der Waals surface area contributed by atoms with E-state index in [-0.39, 0.29) is 5.76 Å². The minimum absolute atomic E-state index is 0.250. The molecule has 0 saturated carbocycles. The minimum Gasteiger partial charge on any atom is -0.510 e. The molecule has 0 radical (unpaired) electrons. The summed E-state index contributed by atoms with van der Waals surface area (Å²) in [5.74, 6) is 0.250. The van der Waals surface area contributed by atoms with Crippen LogP contribution in [0.15, 0.2) is 65.0 Å². The minimum atomic E-state index is -0.426. The van der Waals surface area contributed by atoms with Crippen LogP contribution in [0.5, 0.6) is 0 Å². The fourth-order valence-corrected chi connectivity index (χ4v) is 3.47. The Morgan fingerprint density at radius 3 is 2.25 bits per heavy atom. The molecular formula is C25H35NO2. The highest BCUT2D eigenvalue weighted by molar-refractivity contribution is 5.82. The fraction of sp³-hybridized carbons (Fsp3) is 0.440. The van der Waals surface area contributed by atoms with Crippen LogP contribution in [-0.4, -0.2) is 16.4 Å². The number of aliphatic hydroxyl groups is 1. The summed E-state index contributed by atoms with van der Waals surface area (Å²) >= 11 is 0. The summed E-state index contributed by atoms with van der Waals surface area (Å²) in [5.41, 5.74) is 6.71. The summed E-state index contributed by atoms with van der Waals surface area (Å²) in [6.07, 6.45) is 11.8. The third-order valence-electron chi connectivity index (χ3n) is 5.33. The van der Waals surface area contributed by atoms with Gasteiger partial charge in [-0.15, -0.1) is 0 Å². The molecule has 0 aromatic heterocycles. The monoisotopic (exact) mass is 381 g/mol. The molecule has 2 rings (SSSR count). The van der Waals surface area contributed by atoms with E-state index in [9.17, 15) is 10.3 Å². The van der Waals surface area contributed by atoms with Crippen molar-refractivity contribution in [1.82, 2.24) is 0 Å². The van der Waals surface area contributed by atoms with E-state index in [1.54, 1.807) is 0 Å². The Labute approximate surface area is 170 Å². The summed E-state index contributed by atoms with van der Waals surface area (Å²) < 4.78 is 0. The lowest BCUT2D eigenvalue weighted by molar-refractivity contribution is 0.205. The number of para-hydroxylation sites is 1. The van der Waals surface area contributed by atoms with Crippen molar-refractivity contribution in [2.75, 3.05) is 5.06 Å². The molecule has 0 spiro atoms. The molecule has 1 aliphatic heterocycles. The van der Waals surface area contributed by atoms with Crippen LogP contribution >= 0.6 is 0 Å². The van der Waals surface area contributed by atoms with Crippen LogP contribution in [0, 0.1) is 0 Å². The summed E-state index contributed by atoms with van der Waals surface area (Å²) in [6, 6.07) is 7.26. The first kappa shape index (κ1) is 22.0. The number of fused-ring (bicyclic) bond motifs is 1. The number of nitrogens with zero attached hydrogens (tertiary/aromatic N) is 1. The molecule has 3 nitrogen and oxygen atoms in total. The molecule has 0 amide bonds. The van der Waals surface area contributed by atoms with E-state index in [1.807, 2.05) is 31.2 Å². The first-order chi connectivity index (χ1) is 13.3. The summed E-state index contributed by atoms with van der Waals surface area (Å²) in [7, 11) is 0. The summed E-state index contributed by atoms with van der Waals surface area (Å²) in [4.78, 5) is 0. The second-order valence-corrected chi connectivity index (χ2v) is 8.07. The third-order valence-corrected chi connectivity index (χ3v) is 5.33. The Bertz CT molecular complexity index is 795. The van der Waals surface area contributed by atoms with E-state index in [0.29, 0.717) is 6.42 Å². The Kier molecular flexibility index (Phi) is 8.13. The van der Waals surface area contributed by atoms with E-state index >= 15 is 0 Å². The molecule has 0 aliphatic carbocycles. The Morgan fingerprint density at radius 2 is 1.57 bits per heavy atom. The molecule has 1 atom stereocenters. The van der Waals surface area contributed by atoms with Gasteiger partial charge < -0.3 is 5.11 Å². The molecule has 2 N–H and O–H groups in total. The first-order valence-corrected chi connectivity index (χ1v) is 10.3. The number of aliphatic hydroxyl groups excluding tert-OH is 1. The Morgan fingerprint density at radius 1 is 0.964 bits per heavy atom. The van der Waals surface area contributed by atoms with Crippen molar-refractivity contribution in [3.8, 4) is 0 Å². The van der Waals surface area contributed by atoms with Crippen molar-refractivity contribution < 1.29 is 10.3 Å². The molecule has 1 unspecified atom stereocenters. The van der Waals surface area contributed by atoms with Crippen LogP contribution in [0.1, 0.15) is 72.3 Å². The molecular weight excluding hydrogens is 346 g/mol. The fourth-order valence-electron chi connectivity index (χ4n) is 3.47. The van der Waals surface area contributed by atoms with Crippen LogP contribution in [-0.2, 0) is 0 Å². The van der Waals surface area contributed by atoms with Gasteiger partial charge in [0.05, 0.1) is 5.69 Å². The van der Waals surface area contributed by atoms with Gasteiger partial charge in [0.25, 0.3) is 0 Å². The molecule has 3 heteroatoms. The van der Waals surface area contributed by atoms with Crippen molar-refractivity contribution in [2.24, 2.45) is 0 Å². The number of hydrogen-bond donors (Lipinski definition) is 2. The zero-order chi connectivity index (χ0) is 20.7. The lowest BCUT2D eigenvalue weighted by Crippen LogP contribution is -2.35. The molecule has 1 aromatic carbocycles. The summed E-state index contributed by atoms with van der Waals surface area (Å²) in [5, 5.41) is 22.0. The zero-order valence-electron chi connectivity index (χ0n) is 18.0. The zero-order valence-corrected chi connectivity index (χ0v) is 18.0. The van der Waals surface area contributed by atoms with E-state index in [0.717, 1.165) is 47.6 Å². The third kappa shape index (κ3) is 5.87. The molecule has 0 fully saturated rings. The largest absolute Gasteiger partial charge is 0.510 e. The van der Waals surface area contributed by atoms with Crippen molar-refractivity contribution in [3.63, 3.8) is 0 Å². The quantitative estimate of drug-likeness (QED) is 0.462. The first-order valence-electron chi connectivity index (χ1n) is 10.3. The van der Waals surface area contributed by atoms with Gasteiger partial charge in [-0.1, -0.05) is 53.1 Å². The maximum Gasteiger partial charge on any atom is 0.121 e. The highest BCUT2D eigenvalue weighted by Gasteiger charge is 2.28. The average molecular weight is 382 g/mol. The normalized spacial score (nSPS) is 17.6. The van der Waals surface area contributed by atoms with Crippen LogP contribution < -0.4 is 5.06 Å². The van der Waals surface area contributed by atoms with Crippen LogP contribution in [0.4, 0.5) is 5.69 Å². The lowest BCUT2D eigenvalue weighted by atomic mass is 9.92. The van der Waals surface area contributed by atoms with E-state index in [4.69, 9.17) is 0 Å². The molecule has 28 heavy (non-hydrogen) atoms. The summed E-state index contributed by atoms with van der Waals surface area (Å²) in [6.45, 7) is 10.5. The molecule has 1 heterocycles. The maximum absolute atomic E-state index is 10.6. The van der Waals surface area contributed by atoms with Gasteiger partial charge in [-0.25, -0.2) is 5.06 Å². The molecule has 0 bridgehead atoms. The van der Waals surface area contributed by atoms with Gasteiger partial charge in [-0.05, 0) is 72.8 Å². The topological polar surface area (TPSA) is 43.7 Å². The number of rotatable bonds is 8. The van der Waals surface area contributed by atoms with Crippen LogP contribution in [0.25, 0.3) is 5.57 Å². The standard InChI is InChI=1S/C25H35NO2/c1-18(2)10-8-11-19(3)12-9-13-20(4)16-17-23-22-14-6-7-15-24(22)26(28)21(5)25(23)27/h6-7,10,12,14-16,21,27-28H,8-9,11,13,17H2,1-5H3. The van der Waals surface area contributed by atoms with E-state index in [2.05, 4.69) is 45.9 Å². The Hall–Kier alpha value is -2.26. The molecule has 152 valence electrons. The van der Waals surface area contributed by atoms with E-state index < -0.39 is 6.04 Å². The smallest absolute Gasteiger partial charge is 0.121 e. The van der Waals surface area contributed by atoms with Crippen molar-refractivity contribution >= 4 is 11.3 Å².